The summed E-state index contributed by atoms with van der Waals surface area (Å²) >= 11 is 0. The lowest BCUT2D eigenvalue weighted by Gasteiger charge is -2.25. The fourth-order valence-corrected chi connectivity index (χ4v) is 3.04. The van der Waals surface area contributed by atoms with Crippen molar-refractivity contribution in [1.82, 2.24) is 15.0 Å². The average molecular weight is 303 g/mol. The fourth-order valence-electron chi connectivity index (χ4n) is 3.04. The van der Waals surface area contributed by atoms with E-state index in [1.54, 1.807) is 14.2 Å². The van der Waals surface area contributed by atoms with E-state index in [2.05, 4.69) is 21.1 Å². The normalized spacial score (nSPS) is 18.6. The number of likely N-dealkylation sites (tertiary alicyclic amines) is 1. The number of aryl methyl sites for hydroxylation is 1. The Bertz CT molecular complexity index is 641. The SMILES string of the molecule is COc1ccc([C@H]2CCCN2Cc2nc(C)no2)c(OC)c1. The Morgan fingerprint density at radius 3 is 2.86 bits per heavy atom. The van der Waals surface area contributed by atoms with Gasteiger partial charge in [0.15, 0.2) is 5.82 Å². The molecule has 118 valence electrons. The van der Waals surface area contributed by atoms with E-state index in [4.69, 9.17) is 14.0 Å². The second-order valence-electron chi connectivity index (χ2n) is 5.47. The summed E-state index contributed by atoms with van der Waals surface area (Å²) in [6, 6.07) is 6.29. The molecule has 0 unspecified atom stereocenters. The zero-order valence-corrected chi connectivity index (χ0v) is 13.2. The van der Waals surface area contributed by atoms with Crippen LogP contribution >= 0.6 is 0 Å². The molecule has 1 aromatic heterocycles. The van der Waals surface area contributed by atoms with E-state index in [1.165, 1.54) is 5.56 Å². The molecule has 0 bridgehead atoms. The maximum atomic E-state index is 5.54. The first-order chi connectivity index (χ1) is 10.7. The highest BCUT2D eigenvalue weighted by Gasteiger charge is 2.29. The van der Waals surface area contributed by atoms with E-state index in [1.807, 2.05) is 19.1 Å². The molecule has 2 heterocycles. The van der Waals surface area contributed by atoms with Gasteiger partial charge in [-0.25, -0.2) is 0 Å². The van der Waals surface area contributed by atoms with Gasteiger partial charge in [-0.3, -0.25) is 4.90 Å². The Kier molecular flexibility index (Phi) is 4.29. The van der Waals surface area contributed by atoms with Crippen molar-refractivity contribution in [3.05, 3.63) is 35.5 Å². The van der Waals surface area contributed by atoms with Crippen LogP contribution in [0.2, 0.25) is 0 Å². The standard InChI is InChI=1S/C16H21N3O3/c1-11-17-16(22-18-11)10-19-8-4-5-14(19)13-7-6-12(20-2)9-15(13)21-3/h6-7,9,14H,4-5,8,10H2,1-3H3/t14-/m1/s1. The molecule has 0 spiro atoms. The van der Waals surface area contributed by atoms with Gasteiger partial charge >= 0.3 is 0 Å². The molecule has 0 radical (unpaired) electrons. The van der Waals surface area contributed by atoms with Crippen LogP contribution < -0.4 is 9.47 Å². The number of hydrogen-bond acceptors (Lipinski definition) is 6. The van der Waals surface area contributed by atoms with Crippen molar-refractivity contribution in [3.8, 4) is 11.5 Å². The molecule has 0 amide bonds. The Morgan fingerprint density at radius 2 is 2.18 bits per heavy atom. The summed E-state index contributed by atoms with van der Waals surface area (Å²) in [5.74, 6) is 3.00. The topological polar surface area (TPSA) is 60.6 Å². The fraction of sp³-hybridized carbons (Fsp3) is 0.500. The van der Waals surface area contributed by atoms with Gasteiger partial charge in [0, 0.05) is 17.7 Å². The number of rotatable bonds is 5. The van der Waals surface area contributed by atoms with Gasteiger partial charge < -0.3 is 14.0 Å². The average Bonchev–Trinajstić information content (AvgIpc) is 3.16. The molecule has 3 rings (SSSR count). The highest BCUT2D eigenvalue weighted by molar-refractivity contribution is 5.42. The molecular weight excluding hydrogens is 282 g/mol. The molecule has 1 saturated heterocycles. The van der Waals surface area contributed by atoms with Gasteiger partial charge in [0.25, 0.3) is 0 Å². The molecule has 2 aromatic rings. The predicted octanol–water partition coefficient (Wildman–Crippen LogP) is 2.73. The number of methoxy groups -OCH3 is 2. The molecular formula is C16H21N3O3. The van der Waals surface area contributed by atoms with Crippen molar-refractivity contribution < 1.29 is 14.0 Å². The first-order valence-corrected chi connectivity index (χ1v) is 7.46. The van der Waals surface area contributed by atoms with Crippen molar-refractivity contribution >= 4 is 0 Å². The van der Waals surface area contributed by atoms with Gasteiger partial charge in [0.1, 0.15) is 11.5 Å². The molecule has 1 atom stereocenters. The van der Waals surface area contributed by atoms with Crippen molar-refractivity contribution in [3.63, 3.8) is 0 Å². The Balaban J connectivity index is 1.83. The van der Waals surface area contributed by atoms with Crippen molar-refractivity contribution in [2.75, 3.05) is 20.8 Å². The minimum atomic E-state index is 0.299. The van der Waals surface area contributed by atoms with E-state index in [-0.39, 0.29) is 0 Å². The van der Waals surface area contributed by atoms with Crippen LogP contribution in [0.3, 0.4) is 0 Å². The number of benzene rings is 1. The third kappa shape index (κ3) is 2.92. The molecule has 1 aromatic carbocycles. The summed E-state index contributed by atoms with van der Waals surface area (Å²) in [5, 5.41) is 3.86. The monoisotopic (exact) mass is 303 g/mol. The molecule has 1 fully saturated rings. The molecule has 6 nitrogen and oxygen atoms in total. The van der Waals surface area contributed by atoms with Gasteiger partial charge in [0.05, 0.1) is 20.8 Å². The van der Waals surface area contributed by atoms with E-state index < -0.39 is 0 Å². The van der Waals surface area contributed by atoms with Crippen LogP contribution in [0.15, 0.2) is 22.7 Å². The summed E-state index contributed by atoms with van der Waals surface area (Å²) in [7, 11) is 3.35. The minimum absolute atomic E-state index is 0.299. The van der Waals surface area contributed by atoms with Crippen LogP contribution in [0.4, 0.5) is 0 Å². The lowest BCUT2D eigenvalue weighted by atomic mass is 10.0. The molecule has 6 heteroatoms. The highest BCUT2D eigenvalue weighted by Crippen LogP contribution is 2.39. The largest absolute Gasteiger partial charge is 0.497 e. The van der Waals surface area contributed by atoms with Crippen molar-refractivity contribution in [1.29, 1.82) is 0 Å². The number of nitrogens with zero attached hydrogens (tertiary/aromatic N) is 3. The van der Waals surface area contributed by atoms with E-state index in [0.717, 1.165) is 30.9 Å². The lowest BCUT2D eigenvalue weighted by Crippen LogP contribution is -2.23. The maximum Gasteiger partial charge on any atom is 0.240 e. The van der Waals surface area contributed by atoms with Crippen LogP contribution in [-0.4, -0.2) is 35.8 Å². The summed E-state index contributed by atoms with van der Waals surface area (Å²) in [6.45, 7) is 3.52. The molecule has 22 heavy (non-hydrogen) atoms. The highest BCUT2D eigenvalue weighted by atomic mass is 16.5. The Labute approximate surface area is 130 Å². The summed E-state index contributed by atoms with van der Waals surface area (Å²) in [5.41, 5.74) is 1.18. The van der Waals surface area contributed by atoms with E-state index in [0.29, 0.717) is 24.3 Å². The maximum absolute atomic E-state index is 5.54. The molecule has 0 saturated carbocycles. The third-order valence-electron chi connectivity index (χ3n) is 4.07. The zero-order chi connectivity index (χ0) is 15.5. The van der Waals surface area contributed by atoms with Gasteiger partial charge in [0.2, 0.25) is 5.89 Å². The molecule has 0 aliphatic carbocycles. The summed E-state index contributed by atoms with van der Waals surface area (Å²) < 4.78 is 16.1. The summed E-state index contributed by atoms with van der Waals surface area (Å²) in [4.78, 5) is 6.66. The van der Waals surface area contributed by atoms with Crippen LogP contribution in [0.25, 0.3) is 0 Å². The second kappa shape index (κ2) is 6.36. The first kappa shape index (κ1) is 14.8. The number of hydrogen-bond donors (Lipinski definition) is 0. The molecule has 1 aliphatic heterocycles. The van der Waals surface area contributed by atoms with Crippen molar-refractivity contribution in [2.45, 2.75) is 32.4 Å². The van der Waals surface area contributed by atoms with Gasteiger partial charge in [-0.05, 0) is 32.4 Å². The van der Waals surface area contributed by atoms with Gasteiger partial charge in [-0.1, -0.05) is 11.2 Å². The predicted molar refractivity (Wildman–Crippen MR) is 81.0 cm³/mol. The molecule has 1 aliphatic rings. The third-order valence-corrected chi connectivity index (χ3v) is 4.07. The zero-order valence-electron chi connectivity index (χ0n) is 13.2. The smallest absolute Gasteiger partial charge is 0.240 e. The first-order valence-electron chi connectivity index (χ1n) is 7.46. The lowest BCUT2D eigenvalue weighted by molar-refractivity contribution is 0.209. The Morgan fingerprint density at radius 1 is 1.32 bits per heavy atom. The van der Waals surface area contributed by atoms with E-state index in [9.17, 15) is 0 Å². The van der Waals surface area contributed by atoms with Crippen molar-refractivity contribution in [2.24, 2.45) is 0 Å². The second-order valence-corrected chi connectivity index (χ2v) is 5.47. The van der Waals surface area contributed by atoms with Crippen LogP contribution in [0, 0.1) is 6.92 Å². The number of aromatic nitrogens is 2. The Hall–Kier alpha value is -2.08. The van der Waals surface area contributed by atoms with Gasteiger partial charge in [-0.2, -0.15) is 4.98 Å². The minimum Gasteiger partial charge on any atom is -0.497 e. The van der Waals surface area contributed by atoms with Crippen LogP contribution in [0.1, 0.15) is 36.2 Å². The van der Waals surface area contributed by atoms with Crippen LogP contribution in [0.5, 0.6) is 11.5 Å². The van der Waals surface area contributed by atoms with Crippen LogP contribution in [-0.2, 0) is 6.54 Å². The molecule has 0 N–H and O–H groups in total. The quantitative estimate of drug-likeness (QED) is 0.846. The number of ether oxygens (including phenoxy) is 2. The summed E-state index contributed by atoms with van der Waals surface area (Å²) in [6.07, 6.45) is 2.24. The van der Waals surface area contributed by atoms with Gasteiger partial charge in [-0.15, -0.1) is 0 Å². The van der Waals surface area contributed by atoms with E-state index >= 15 is 0 Å².